The van der Waals surface area contributed by atoms with Gasteiger partial charge in [-0.15, -0.1) is 11.3 Å². The van der Waals surface area contributed by atoms with Crippen LogP contribution in [0.4, 0.5) is 5.00 Å². The average molecular weight is 394 g/mol. The van der Waals surface area contributed by atoms with Crippen LogP contribution in [-0.4, -0.2) is 54.3 Å². The summed E-state index contributed by atoms with van der Waals surface area (Å²) in [7, 11) is 0. The fraction of sp³-hybridized carbons (Fsp3) is 0.250. The summed E-state index contributed by atoms with van der Waals surface area (Å²) >= 11 is 1.33. The molecule has 3 heterocycles. The van der Waals surface area contributed by atoms with Crippen LogP contribution in [0.25, 0.3) is 11.0 Å². The van der Waals surface area contributed by atoms with E-state index >= 15 is 0 Å². The van der Waals surface area contributed by atoms with Gasteiger partial charge in [0.15, 0.2) is 5.76 Å². The summed E-state index contributed by atoms with van der Waals surface area (Å²) < 4.78 is 5.66. The Morgan fingerprint density at radius 2 is 1.96 bits per heavy atom. The number of nitriles is 1. The minimum absolute atomic E-state index is 0.127. The van der Waals surface area contributed by atoms with Crippen molar-refractivity contribution in [1.82, 2.24) is 9.80 Å². The second kappa shape index (κ2) is 7.84. The molecule has 3 aromatic rings. The standard InChI is InChI=1S/C20H18N4O3S/c21-12-15-5-10-28-19(15)22-18(25)13-23-6-8-24(9-7-23)20(26)17-11-14-3-1-2-4-16(14)27-17/h1-5,10-11H,6-9,13H2,(H,22,25). The number of carbonyl (C=O) groups is 2. The lowest BCUT2D eigenvalue weighted by Crippen LogP contribution is -2.50. The number of hydrogen-bond donors (Lipinski definition) is 1. The maximum atomic E-state index is 12.7. The third-order valence-electron chi connectivity index (χ3n) is 4.70. The number of hydrogen-bond acceptors (Lipinski definition) is 6. The fourth-order valence-corrected chi connectivity index (χ4v) is 3.97. The highest BCUT2D eigenvalue weighted by molar-refractivity contribution is 7.14. The zero-order valence-electron chi connectivity index (χ0n) is 15.1. The molecule has 2 amide bonds. The molecule has 1 N–H and O–H groups in total. The Morgan fingerprint density at radius 3 is 2.71 bits per heavy atom. The number of benzene rings is 1. The van der Waals surface area contributed by atoms with Crippen molar-refractivity contribution < 1.29 is 14.0 Å². The van der Waals surface area contributed by atoms with E-state index in [9.17, 15) is 9.59 Å². The van der Waals surface area contributed by atoms with Crippen LogP contribution in [0.5, 0.6) is 0 Å². The number of anilines is 1. The van der Waals surface area contributed by atoms with Gasteiger partial charge in [0.2, 0.25) is 5.91 Å². The molecule has 142 valence electrons. The summed E-state index contributed by atoms with van der Waals surface area (Å²) in [6.07, 6.45) is 0. The van der Waals surface area contributed by atoms with Crippen molar-refractivity contribution in [1.29, 1.82) is 5.26 Å². The van der Waals surface area contributed by atoms with Crippen LogP contribution in [0.3, 0.4) is 0 Å². The molecule has 7 nitrogen and oxygen atoms in total. The number of rotatable bonds is 4. The van der Waals surface area contributed by atoms with E-state index < -0.39 is 0 Å². The van der Waals surface area contributed by atoms with Gasteiger partial charge in [-0.25, -0.2) is 0 Å². The van der Waals surface area contributed by atoms with Crippen molar-refractivity contribution in [3.63, 3.8) is 0 Å². The van der Waals surface area contributed by atoms with Crippen LogP contribution in [0, 0.1) is 11.3 Å². The maximum absolute atomic E-state index is 12.7. The first-order valence-electron chi connectivity index (χ1n) is 8.91. The summed E-state index contributed by atoms with van der Waals surface area (Å²) in [5.74, 6) is 0.0580. The van der Waals surface area contributed by atoms with Crippen LogP contribution >= 0.6 is 11.3 Å². The van der Waals surface area contributed by atoms with Gasteiger partial charge in [0.25, 0.3) is 5.91 Å². The largest absolute Gasteiger partial charge is 0.451 e. The quantitative estimate of drug-likeness (QED) is 0.735. The molecular weight excluding hydrogens is 376 g/mol. The zero-order chi connectivity index (χ0) is 19.5. The van der Waals surface area contributed by atoms with Gasteiger partial charge in [-0.05, 0) is 23.6 Å². The summed E-state index contributed by atoms with van der Waals surface area (Å²) in [6.45, 7) is 2.51. The lowest BCUT2D eigenvalue weighted by molar-refractivity contribution is -0.117. The number of amides is 2. The van der Waals surface area contributed by atoms with E-state index in [4.69, 9.17) is 9.68 Å². The topological polar surface area (TPSA) is 89.6 Å². The molecule has 28 heavy (non-hydrogen) atoms. The van der Waals surface area contributed by atoms with Crippen molar-refractivity contribution in [2.75, 3.05) is 38.0 Å². The number of fused-ring (bicyclic) bond motifs is 1. The molecule has 0 radical (unpaired) electrons. The molecule has 0 atom stereocenters. The minimum atomic E-state index is -0.156. The normalized spacial score (nSPS) is 14.8. The Balaban J connectivity index is 1.31. The van der Waals surface area contributed by atoms with Crippen molar-refractivity contribution >= 4 is 39.1 Å². The molecule has 0 bridgehead atoms. The van der Waals surface area contributed by atoms with E-state index in [0.29, 0.717) is 48.1 Å². The number of para-hydroxylation sites is 1. The monoisotopic (exact) mass is 394 g/mol. The molecule has 1 aromatic carbocycles. The predicted molar refractivity (Wildman–Crippen MR) is 106 cm³/mol. The fourth-order valence-electron chi connectivity index (χ4n) is 3.22. The van der Waals surface area contributed by atoms with Crippen LogP contribution < -0.4 is 5.32 Å². The molecule has 2 aromatic heterocycles. The highest BCUT2D eigenvalue weighted by atomic mass is 32.1. The molecule has 0 spiro atoms. The van der Waals surface area contributed by atoms with Crippen LogP contribution in [0.15, 0.2) is 46.2 Å². The van der Waals surface area contributed by atoms with Gasteiger partial charge in [-0.2, -0.15) is 5.26 Å². The molecule has 1 aliphatic rings. The van der Waals surface area contributed by atoms with Gasteiger partial charge in [0.1, 0.15) is 16.7 Å². The van der Waals surface area contributed by atoms with Crippen molar-refractivity contribution in [3.05, 3.63) is 53.1 Å². The van der Waals surface area contributed by atoms with Crippen molar-refractivity contribution in [2.24, 2.45) is 0 Å². The molecule has 0 saturated carbocycles. The summed E-state index contributed by atoms with van der Waals surface area (Å²) in [4.78, 5) is 28.7. The van der Waals surface area contributed by atoms with Crippen LogP contribution in [-0.2, 0) is 4.79 Å². The first kappa shape index (κ1) is 18.2. The van der Waals surface area contributed by atoms with Crippen molar-refractivity contribution in [2.45, 2.75) is 0 Å². The number of carbonyl (C=O) groups excluding carboxylic acids is 2. The van der Waals surface area contributed by atoms with Gasteiger partial charge in [0, 0.05) is 31.6 Å². The Labute approximate surface area is 165 Å². The highest BCUT2D eigenvalue weighted by Gasteiger charge is 2.25. The van der Waals surface area contributed by atoms with Gasteiger partial charge in [-0.1, -0.05) is 18.2 Å². The second-order valence-electron chi connectivity index (χ2n) is 6.54. The van der Waals surface area contributed by atoms with Gasteiger partial charge >= 0.3 is 0 Å². The number of thiophene rings is 1. The van der Waals surface area contributed by atoms with Gasteiger partial charge < -0.3 is 14.6 Å². The molecule has 0 aliphatic carbocycles. The number of nitrogens with zero attached hydrogens (tertiary/aromatic N) is 3. The van der Waals surface area contributed by atoms with E-state index in [1.54, 1.807) is 22.4 Å². The van der Waals surface area contributed by atoms with Gasteiger partial charge in [-0.3, -0.25) is 14.5 Å². The first-order valence-corrected chi connectivity index (χ1v) is 9.79. The van der Waals surface area contributed by atoms with E-state index in [1.807, 2.05) is 29.2 Å². The minimum Gasteiger partial charge on any atom is -0.451 e. The molecule has 1 saturated heterocycles. The van der Waals surface area contributed by atoms with Crippen LogP contribution in [0.1, 0.15) is 16.1 Å². The average Bonchev–Trinajstić information content (AvgIpc) is 3.34. The number of piperazine rings is 1. The molecule has 4 rings (SSSR count). The summed E-state index contributed by atoms with van der Waals surface area (Å²) in [5.41, 5.74) is 1.17. The van der Waals surface area contributed by atoms with E-state index in [-0.39, 0.29) is 18.4 Å². The second-order valence-corrected chi connectivity index (χ2v) is 7.46. The molecule has 1 aliphatic heterocycles. The van der Waals surface area contributed by atoms with E-state index in [2.05, 4.69) is 11.4 Å². The SMILES string of the molecule is N#Cc1ccsc1NC(=O)CN1CCN(C(=O)c2cc3ccccc3o2)CC1. The molecule has 8 heteroatoms. The highest BCUT2D eigenvalue weighted by Crippen LogP contribution is 2.22. The summed E-state index contributed by atoms with van der Waals surface area (Å²) in [6, 6.07) is 13.0. The Kier molecular flexibility index (Phi) is 5.10. The van der Waals surface area contributed by atoms with E-state index in [0.717, 1.165) is 5.39 Å². The summed E-state index contributed by atoms with van der Waals surface area (Å²) in [5, 5.41) is 15.1. The molecular formula is C20H18N4O3S. The lowest BCUT2D eigenvalue weighted by Gasteiger charge is -2.33. The Bertz CT molecular complexity index is 1020. The number of nitrogens with one attached hydrogen (secondary N) is 1. The third kappa shape index (κ3) is 3.76. The third-order valence-corrected chi connectivity index (χ3v) is 5.53. The Morgan fingerprint density at radius 1 is 1.18 bits per heavy atom. The smallest absolute Gasteiger partial charge is 0.289 e. The molecule has 1 fully saturated rings. The van der Waals surface area contributed by atoms with Gasteiger partial charge in [0.05, 0.1) is 12.1 Å². The predicted octanol–water partition coefficient (Wildman–Crippen LogP) is 2.76. The lowest BCUT2D eigenvalue weighted by atomic mass is 10.2. The Hall–Kier alpha value is -3.15. The maximum Gasteiger partial charge on any atom is 0.289 e. The first-order chi connectivity index (χ1) is 13.6. The van der Waals surface area contributed by atoms with Crippen molar-refractivity contribution in [3.8, 4) is 6.07 Å². The van der Waals surface area contributed by atoms with E-state index in [1.165, 1.54) is 11.3 Å². The number of furan rings is 1. The van der Waals surface area contributed by atoms with Crippen LogP contribution in [0.2, 0.25) is 0 Å². The zero-order valence-corrected chi connectivity index (χ0v) is 15.9. The molecule has 0 unspecified atom stereocenters.